The first-order valence-corrected chi connectivity index (χ1v) is 6.18. The number of halogens is 1. The quantitative estimate of drug-likeness (QED) is 0.889. The van der Waals surface area contributed by atoms with Crippen molar-refractivity contribution in [1.29, 1.82) is 0 Å². The van der Waals surface area contributed by atoms with E-state index in [2.05, 4.69) is 0 Å². The number of carbonyl (C=O) groups excluding carboxylic acids is 1. The van der Waals surface area contributed by atoms with Crippen LogP contribution in [-0.4, -0.2) is 35.6 Å². The third-order valence-corrected chi connectivity index (χ3v) is 3.38. The molecule has 0 bridgehead atoms. The van der Waals surface area contributed by atoms with E-state index in [4.69, 9.17) is 0 Å². The number of carbonyl (C=O) groups is 1. The molecular formula is C14H18FNO2. The van der Waals surface area contributed by atoms with E-state index < -0.39 is 6.10 Å². The summed E-state index contributed by atoms with van der Waals surface area (Å²) >= 11 is 0. The van der Waals surface area contributed by atoms with Gasteiger partial charge in [-0.3, -0.25) is 4.79 Å². The zero-order valence-corrected chi connectivity index (χ0v) is 10.7. The van der Waals surface area contributed by atoms with Crippen LogP contribution in [0.2, 0.25) is 0 Å². The lowest BCUT2D eigenvalue weighted by Crippen LogP contribution is -2.35. The molecule has 4 heteroatoms. The van der Waals surface area contributed by atoms with Gasteiger partial charge in [-0.25, -0.2) is 4.39 Å². The summed E-state index contributed by atoms with van der Waals surface area (Å²) in [6, 6.07) is 4.32. The van der Waals surface area contributed by atoms with Gasteiger partial charge >= 0.3 is 0 Å². The average molecular weight is 251 g/mol. The predicted octanol–water partition coefficient (Wildman–Crippen LogP) is 1.98. The Labute approximate surface area is 106 Å². The Kier molecular flexibility index (Phi) is 3.66. The number of likely N-dealkylation sites (N-methyl/N-ethyl adjacent to an activating group) is 1. The zero-order valence-electron chi connectivity index (χ0n) is 10.7. The molecular weight excluding hydrogens is 233 g/mol. The van der Waals surface area contributed by atoms with Crippen LogP contribution in [0.25, 0.3) is 0 Å². The lowest BCUT2D eigenvalue weighted by Gasteiger charge is -2.21. The molecule has 0 saturated heterocycles. The normalized spacial score (nSPS) is 16.4. The maximum Gasteiger partial charge on any atom is 0.253 e. The number of amides is 1. The number of hydrogen-bond donors (Lipinski definition) is 1. The number of aliphatic hydroxyl groups is 1. The molecule has 1 aromatic carbocycles. The molecule has 0 spiro atoms. The van der Waals surface area contributed by atoms with Crippen molar-refractivity contribution >= 4 is 5.91 Å². The molecule has 0 heterocycles. The van der Waals surface area contributed by atoms with Crippen LogP contribution in [0.1, 0.15) is 28.8 Å². The minimum Gasteiger partial charge on any atom is -0.391 e. The fourth-order valence-electron chi connectivity index (χ4n) is 1.99. The van der Waals surface area contributed by atoms with Gasteiger partial charge in [0.25, 0.3) is 5.91 Å². The number of benzene rings is 1. The summed E-state index contributed by atoms with van der Waals surface area (Å²) in [6.45, 7) is 1.96. The van der Waals surface area contributed by atoms with Gasteiger partial charge in [0.1, 0.15) is 5.82 Å². The highest BCUT2D eigenvalue weighted by Gasteiger charge is 2.31. The van der Waals surface area contributed by atoms with Crippen LogP contribution < -0.4 is 0 Å². The van der Waals surface area contributed by atoms with Gasteiger partial charge in [0.2, 0.25) is 0 Å². The van der Waals surface area contributed by atoms with E-state index in [1.807, 2.05) is 0 Å². The summed E-state index contributed by atoms with van der Waals surface area (Å²) in [6.07, 6.45) is 1.64. The summed E-state index contributed by atoms with van der Waals surface area (Å²) in [5.41, 5.74) is 0.913. The molecule has 1 aliphatic carbocycles. The minimum atomic E-state index is -0.444. The fraction of sp³-hybridized carbons (Fsp3) is 0.500. The van der Waals surface area contributed by atoms with E-state index in [1.54, 1.807) is 14.0 Å². The third kappa shape index (κ3) is 2.88. The second kappa shape index (κ2) is 5.06. The van der Waals surface area contributed by atoms with Gasteiger partial charge in [-0.2, -0.15) is 0 Å². The smallest absolute Gasteiger partial charge is 0.253 e. The van der Waals surface area contributed by atoms with Gasteiger partial charge in [-0.05, 0) is 49.4 Å². The zero-order chi connectivity index (χ0) is 13.3. The highest BCUT2D eigenvalue weighted by molar-refractivity contribution is 5.94. The van der Waals surface area contributed by atoms with E-state index >= 15 is 0 Å². The van der Waals surface area contributed by atoms with Crippen LogP contribution in [0.4, 0.5) is 4.39 Å². The molecule has 1 amide bonds. The Morgan fingerprint density at radius 1 is 1.56 bits per heavy atom. The van der Waals surface area contributed by atoms with Gasteiger partial charge in [0.05, 0.1) is 6.10 Å². The molecule has 2 rings (SSSR count). The first-order chi connectivity index (χ1) is 8.49. The monoisotopic (exact) mass is 251 g/mol. The van der Waals surface area contributed by atoms with Crippen LogP contribution in [-0.2, 0) is 0 Å². The Balaban J connectivity index is 2.02. The average Bonchev–Trinajstić information content (AvgIpc) is 3.15. The Bertz CT molecular complexity index is 457. The van der Waals surface area contributed by atoms with Gasteiger partial charge in [-0.1, -0.05) is 0 Å². The van der Waals surface area contributed by atoms with E-state index in [0.717, 1.165) is 12.8 Å². The molecule has 98 valence electrons. The van der Waals surface area contributed by atoms with Gasteiger partial charge in [0.15, 0.2) is 0 Å². The lowest BCUT2D eigenvalue weighted by molar-refractivity contribution is 0.0645. The van der Waals surface area contributed by atoms with Gasteiger partial charge in [-0.15, -0.1) is 0 Å². The predicted molar refractivity (Wildman–Crippen MR) is 66.8 cm³/mol. The van der Waals surface area contributed by atoms with E-state index in [0.29, 0.717) is 23.6 Å². The standard InChI is InChI=1S/C14H18FNO2/c1-9-7-11(5-6-12(9)15)14(18)16(2)8-13(17)10-3-4-10/h5-7,10,13,17H,3-4,8H2,1-2H3. The summed E-state index contributed by atoms with van der Waals surface area (Å²) in [7, 11) is 1.66. The lowest BCUT2D eigenvalue weighted by atomic mass is 10.1. The maximum absolute atomic E-state index is 13.1. The van der Waals surface area contributed by atoms with Crippen molar-refractivity contribution in [1.82, 2.24) is 4.90 Å². The van der Waals surface area contributed by atoms with Crippen LogP contribution in [0.3, 0.4) is 0 Å². The summed E-state index contributed by atoms with van der Waals surface area (Å²) in [5.74, 6) is -0.153. The van der Waals surface area contributed by atoms with Crippen LogP contribution in [0.5, 0.6) is 0 Å². The molecule has 18 heavy (non-hydrogen) atoms. The van der Waals surface area contributed by atoms with Crippen LogP contribution in [0.15, 0.2) is 18.2 Å². The first-order valence-electron chi connectivity index (χ1n) is 6.18. The van der Waals surface area contributed by atoms with Crippen molar-refractivity contribution in [2.45, 2.75) is 25.9 Å². The molecule has 1 unspecified atom stereocenters. The number of aryl methyl sites for hydroxylation is 1. The number of aliphatic hydroxyl groups excluding tert-OH is 1. The molecule has 0 aliphatic heterocycles. The fourth-order valence-corrected chi connectivity index (χ4v) is 1.99. The molecule has 1 aliphatic rings. The largest absolute Gasteiger partial charge is 0.391 e. The van der Waals surface area contributed by atoms with Gasteiger partial charge < -0.3 is 10.0 Å². The van der Waals surface area contributed by atoms with Crippen molar-refractivity contribution in [3.05, 3.63) is 35.1 Å². The molecule has 1 N–H and O–H groups in total. The van der Waals surface area contributed by atoms with E-state index in [-0.39, 0.29) is 11.7 Å². The Morgan fingerprint density at radius 2 is 2.22 bits per heavy atom. The van der Waals surface area contributed by atoms with Crippen molar-refractivity contribution < 1.29 is 14.3 Å². The second-order valence-electron chi connectivity index (χ2n) is 5.05. The summed E-state index contributed by atoms with van der Waals surface area (Å²) < 4.78 is 13.1. The third-order valence-electron chi connectivity index (χ3n) is 3.38. The summed E-state index contributed by atoms with van der Waals surface area (Å²) in [5, 5.41) is 9.80. The summed E-state index contributed by atoms with van der Waals surface area (Å²) in [4.78, 5) is 13.6. The van der Waals surface area contributed by atoms with Crippen molar-refractivity contribution in [3.63, 3.8) is 0 Å². The highest BCUT2D eigenvalue weighted by atomic mass is 19.1. The van der Waals surface area contributed by atoms with Gasteiger partial charge in [0, 0.05) is 19.2 Å². The number of rotatable bonds is 4. The molecule has 1 aromatic rings. The molecule has 3 nitrogen and oxygen atoms in total. The molecule has 1 fully saturated rings. The van der Waals surface area contributed by atoms with Crippen molar-refractivity contribution in [3.8, 4) is 0 Å². The first kappa shape index (κ1) is 13.0. The SMILES string of the molecule is Cc1cc(C(=O)N(C)CC(O)C2CC2)ccc1F. The van der Waals surface area contributed by atoms with E-state index in [9.17, 15) is 14.3 Å². The molecule has 1 saturated carbocycles. The second-order valence-corrected chi connectivity index (χ2v) is 5.05. The highest BCUT2D eigenvalue weighted by Crippen LogP contribution is 2.32. The van der Waals surface area contributed by atoms with Crippen LogP contribution in [0, 0.1) is 18.7 Å². The Hall–Kier alpha value is -1.42. The van der Waals surface area contributed by atoms with E-state index in [1.165, 1.54) is 23.1 Å². The maximum atomic E-state index is 13.1. The Morgan fingerprint density at radius 3 is 2.78 bits per heavy atom. The molecule has 1 atom stereocenters. The molecule has 0 aromatic heterocycles. The minimum absolute atomic E-state index is 0.183. The topological polar surface area (TPSA) is 40.5 Å². The molecule has 0 radical (unpaired) electrons. The number of nitrogens with zero attached hydrogens (tertiary/aromatic N) is 1. The van der Waals surface area contributed by atoms with Crippen LogP contribution >= 0.6 is 0 Å². The van der Waals surface area contributed by atoms with Crippen molar-refractivity contribution in [2.75, 3.05) is 13.6 Å². The number of hydrogen-bond acceptors (Lipinski definition) is 2. The van der Waals surface area contributed by atoms with Crippen molar-refractivity contribution in [2.24, 2.45) is 5.92 Å².